The molecule has 1 heterocycles. The number of rotatable bonds is 3. The van der Waals surface area contributed by atoms with E-state index >= 15 is 0 Å². The average Bonchev–Trinajstić information content (AvgIpc) is 2.98. The summed E-state index contributed by atoms with van der Waals surface area (Å²) in [5.41, 5.74) is 3.08. The van der Waals surface area contributed by atoms with E-state index in [-0.39, 0.29) is 5.82 Å². The molecule has 124 valence electrons. The molecular weight excluding hydrogens is 367 g/mol. The van der Waals surface area contributed by atoms with Gasteiger partial charge in [0.1, 0.15) is 11.6 Å². The van der Waals surface area contributed by atoms with Gasteiger partial charge in [0.15, 0.2) is 0 Å². The topological polar surface area (TPSA) is 28.7 Å². The van der Waals surface area contributed by atoms with Crippen molar-refractivity contribution in [3.8, 4) is 0 Å². The molecule has 0 bridgehead atoms. The van der Waals surface area contributed by atoms with E-state index in [0.717, 1.165) is 23.3 Å². The van der Waals surface area contributed by atoms with Crippen LogP contribution in [-0.2, 0) is 6.42 Å². The van der Waals surface area contributed by atoms with Gasteiger partial charge >= 0.3 is 0 Å². The summed E-state index contributed by atoms with van der Waals surface area (Å²) in [5.74, 6) is 2.09. The summed E-state index contributed by atoms with van der Waals surface area (Å²) < 4.78 is 14.1. The first-order valence-corrected chi connectivity index (χ1v) is 9.37. The Morgan fingerprint density at radius 3 is 2.58 bits per heavy atom. The number of H-pyrrole nitrogens is 1. The Balaban J connectivity index is 1.42. The van der Waals surface area contributed by atoms with Crippen LogP contribution >= 0.6 is 15.9 Å². The maximum Gasteiger partial charge on any atom is 0.139 e. The number of fused-ring (bicyclic) bond motifs is 1. The summed E-state index contributed by atoms with van der Waals surface area (Å²) in [5, 5.41) is 0. The van der Waals surface area contributed by atoms with Crippen LogP contribution in [0.5, 0.6) is 0 Å². The molecular formula is C20H20BrFN2. The number of nitrogens with zero attached hydrogens (tertiary/aromatic N) is 1. The molecule has 0 unspecified atom stereocenters. The van der Waals surface area contributed by atoms with E-state index in [9.17, 15) is 4.39 Å². The van der Waals surface area contributed by atoms with E-state index in [4.69, 9.17) is 0 Å². The highest BCUT2D eigenvalue weighted by Crippen LogP contribution is 2.37. The zero-order valence-electron chi connectivity index (χ0n) is 13.4. The van der Waals surface area contributed by atoms with E-state index in [2.05, 4.69) is 56.2 Å². The zero-order valence-corrected chi connectivity index (χ0v) is 15.0. The maximum absolute atomic E-state index is 13.6. The largest absolute Gasteiger partial charge is 0.342 e. The van der Waals surface area contributed by atoms with E-state index < -0.39 is 0 Å². The van der Waals surface area contributed by atoms with E-state index in [1.165, 1.54) is 37.3 Å². The van der Waals surface area contributed by atoms with Gasteiger partial charge in [-0.15, -0.1) is 0 Å². The molecule has 1 aliphatic carbocycles. The smallest absolute Gasteiger partial charge is 0.139 e. The molecule has 0 radical (unpaired) electrons. The predicted octanol–water partition coefficient (Wildman–Crippen LogP) is 5.98. The molecule has 3 aromatic rings. The molecule has 2 nitrogen and oxygen atoms in total. The highest BCUT2D eigenvalue weighted by atomic mass is 79.9. The summed E-state index contributed by atoms with van der Waals surface area (Å²) in [7, 11) is 0. The van der Waals surface area contributed by atoms with Gasteiger partial charge in [0.05, 0.1) is 15.5 Å². The van der Waals surface area contributed by atoms with Crippen LogP contribution < -0.4 is 0 Å². The van der Waals surface area contributed by atoms with Crippen molar-refractivity contribution in [2.75, 3.05) is 0 Å². The first kappa shape index (κ1) is 15.8. The lowest BCUT2D eigenvalue weighted by molar-refractivity contribution is 0.321. The summed E-state index contributed by atoms with van der Waals surface area (Å²) in [6.07, 6.45) is 5.91. The maximum atomic E-state index is 13.6. The molecule has 0 atom stereocenters. The minimum atomic E-state index is -0.249. The lowest BCUT2D eigenvalue weighted by Gasteiger charge is -2.28. The normalized spacial score (nSPS) is 21.2. The minimum absolute atomic E-state index is 0.249. The zero-order chi connectivity index (χ0) is 16.5. The average molecular weight is 387 g/mol. The van der Waals surface area contributed by atoms with Gasteiger partial charge in [0.2, 0.25) is 0 Å². The van der Waals surface area contributed by atoms with Crippen LogP contribution in [0.15, 0.2) is 46.9 Å². The third kappa shape index (κ3) is 3.25. The molecule has 4 rings (SSSR count). The van der Waals surface area contributed by atoms with Gasteiger partial charge in [-0.05, 0) is 65.1 Å². The van der Waals surface area contributed by atoms with Crippen molar-refractivity contribution in [2.45, 2.75) is 38.0 Å². The van der Waals surface area contributed by atoms with Crippen LogP contribution in [0.3, 0.4) is 0 Å². The number of aromatic nitrogens is 2. The molecule has 0 spiro atoms. The quantitative estimate of drug-likeness (QED) is 0.588. The number of benzene rings is 2. The lowest BCUT2D eigenvalue weighted by Crippen LogP contribution is -2.15. The number of hydrogen-bond donors (Lipinski definition) is 1. The third-order valence-corrected chi connectivity index (χ3v) is 5.78. The number of halogens is 2. The van der Waals surface area contributed by atoms with Crippen LogP contribution in [0.1, 0.15) is 43.0 Å². The van der Waals surface area contributed by atoms with Gasteiger partial charge in [-0.2, -0.15) is 0 Å². The Bertz CT molecular complexity index is 796. The standard InChI is InChI=1S/C20H20BrFN2/c21-16-11-18-19(12-17(16)22)24-20(23-18)10-13-6-8-15(9-7-13)14-4-2-1-3-5-14/h1-5,11-13,15H,6-10H2,(H,23,24). The van der Waals surface area contributed by atoms with Crippen LogP contribution in [0.2, 0.25) is 0 Å². The molecule has 1 aliphatic rings. The van der Waals surface area contributed by atoms with E-state index in [1.807, 2.05) is 0 Å². The van der Waals surface area contributed by atoms with Crippen LogP contribution in [0.25, 0.3) is 11.0 Å². The molecule has 1 N–H and O–H groups in total. The molecule has 1 fully saturated rings. The van der Waals surface area contributed by atoms with Gasteiger partial charge in [0, 0.05) is 12.5 Å². The van der Waals surface area contributed by atoms with E-state index in [1.54, 1.807) is 6.07 Å². The Kier molecular flexibility index (Phi) is 4.40. The molecule has 0 amide bonds. The van der Waals surface area contributed by atoms with Crippen molar-refractivity contribution in [1.29, 1.82) is 0 Å². The van der Waals surface area contributed by atoms with Crippen molar-refractivity contribution in [1.82, 2.24) is 9.97 Å². The van der Waals surface area contributed by atoms with Crippen molar-refractivity contribution >= 4 is 27.0 Å². The first-order chi connectivity index (χ1) is 11.7. The number of hydrogen-bond acceptors (Lipinski definition) is 1. The first-order valence-electron chi connectivity index (χ1n) is 8.57. The Morgan fingerprint density at radius 1 is 1.08 bits per heavy atom. The number of nitrogens with one attached hydrogen (secondary N) is 1. The fraction of sp³-hybridized carbons (Fsp3) is 0.350. The van der Waals surface area contributed by atoms with Gasteiger partial charge in [-0.1, -0.05) is 30.3 Å². The monoisotopic (exact) mass is 386 g/mol. The van der Waals surface area contributed by atoms with Crippen molar-refractivity contribution in [3.05, 3.63) is 64.1 Å². The highest BCUT2D eigenvalue weighted by molar-refractivity contribution is 9.10. The van der Waals surface area contributed by atoms with Crippen molar-refractivity contribution in [3.63, 3.8) is 0 Å². The fourth-order valence-corrected chi connectivity index (χ4v) is 4.18. The van der Waals surface area contributed by atoms with Crippen molar-refractivity contribution < 1.29 is 4.39 Å². The molecule has 0 saturated heterocycles. The second-order valence-corrected chi connectivity index (χ2v) is 7.65. The Labute approximate surface area is 149 Å². The van der Waals surface area contributed by atoms with Crippen LogP contribution in [-0.4, -0.2) is 9.97 Å². The highest BCUT2D eigenvalue weighted by Gasteiger charge is 2.23. The number of aromatic amines is 1. The molecule has 2 aromatic carbocycles. The fourth-order valence-electron chi connectivity index (χ4n) is 3.85. The van der Waals surface area contributed by atoms with Crippen LogP contribution in [0.4, 0.5) is 4.39 Å². The second-order valence-electron chi connectivity index (χ2n) is 6.80. The van der Waals surface area contributed by atoms with Crippen molar-refractivity contribution in [2.24, 2.45) is 5.92 Å². The van der Waals surface area contributed by atoms with Crippen LogP contribution in [0, 0.1) is 11.7 Å². The molecule has 4 heteroatoms. The van der Waals surface area contributed by atoms with Gasteiger partial charge in [-0.3, -0.25) is 0 Å². The summed E-state index contributed by atoms with van der Waals surface area (Å²) in [6, 6.07) is 14.1. The molecule has 1 saturated carbocycles. The van der Waals surface area contributed by atoms with Gasteiger partial charge < -0.3 is 4.98 Å². The molecule has 0 aliphatic heterocycles. The van der Waals surface area contributed by atoms with E-state index in [0.29, 0.717) is 16.3 Å². The summed E-state index contributed by atoms with van der Waals surface area (Å²) >= 11 is 3.22. The van der Waals surface area contributed by atoms with Gasteiger partial charge in [-0.25, -0.2) is 9.37 Å². The summed E-state index contributed by atoms with van der Waals surface area (Å²) in [4.78, 5) is 7.92. The second kappa shape index (κ2) is 6.67. The van der Waals surface area contributed by atoms with Gasteiger partial charge in [0.25, 0.3) is 0 Å². The Morgan fingerprint density at radius 2 is 1.83 bits per heavy atom. The SMILES string of the molecule is Fc1cc2[nH]c(CC3CCC(c4ccccc4)CC3)nc2cc1Br. The molecule has 24 heavy (non-hydrogen) atoms. The number of imidazole rings is 1. The predicted molar refractivity (Wildman–Crippen MR) is 98.6 cm³/mol. The summed E-state index contributed by atoms with van der Waals surface area (Å²) in [6.45, 7) is 0. The third-order valence-electron chi connectivity index (χ3n) is 5.17. The lowest BCUT2D eigenvalue weighted by atomic mass is 9.77. The Hall–Kier alpha value is -1.68. The minimum Gasteiger partial charge on any atom is -0.342 e. The molecule has 1 aromatic heterocycles.